The zero-order valence-electron chi connectivity index (χ0n) is 16.3. The Kier molecular flexibility index (Phi) is 4.45. The van der Waals surface area contributed by atoms with Crippen molar-refractivity contribution in [2.24, 2.45) is 5.41 Å². The lowest BCUT2D eigenvalue weighted by molar-refractivity contribution is -0.119. The molecule has 1 spiro atoms. The van der Waals surface area contributed by atoms with Crippen molar-refractivity contribution in [3.05, 3.63) is 52.6 Å². The molecular formula is C22H24N4O3. The standard InChI is InChI=1S/C22H24N4O3/c27-17(12-16-2-3-19-18(13-16)23-15-29-19)14-26-21(28)5-4-20(24-26)25-10-8-22(9-11-25)6-1-7-22/h2-5,13,15H,1,6-12,14H2. The van der Waals surface area contributed by atoms with Gasteiger partial charge in [0.25, 0.3) is 5.56 Å². The van der Waals surface area contributed by atoms with E-state index >= 15 is 0 Å². The largest absolute Gasteiger partial charge is 0.443 e. The molecule has 150 valence electrons. The average Bonchev–Trinajstić information content (AvgIpc) is 3.16. The van der Waals surface area contributed by atoms with E-state index in [4.69, 9.17) is 4.42 Å². The second-order valence-electron chi connectivity index (χ2n) is 8.40. The lowest BCUT2D eigenvalue weighted by Crippen LogP contribution is -2.44. The van der Waals surface area contributed by atoms with E-state index in [1.165, 1.54) is 49.2 Å². The highest BCUT2D eigenvalue weighted by Crippen LogP contribution is 2.49. The first kappa shape index (κ1) is 18.1. The van der Waals surface area contributed by atoms with E-state index < -0.39 is 0 Å². The molecule has 5 rings (SSSR count). The molecule has 2 fully saturated rings. The number of benzene rings is 1. The van der Waals surface area contributed by atoms with Crippen LogP contribution in [0.15, 0.2) is 45.9 Å². The summed E-state index contributed by atoms with van der Waals surface area (Å²) in [5, 5.41) is 4.49. The molecule has 1 aromatic carbocycles. The first-order valence-corrected chi connectivity index (χ1v) is 10.3. The molecular weight excluding hydrogens is 368 g/mol. The number of ketones is 1. The molecule has 1 saturated carbocycles. The number of hydrogen-bond acceptors (Lipinski definition) is 6. The van der Waals surface area contributed by atoms with E-state index in [0.29, 0.717) is 11.0 Å². The van der Waals surface area contributed by atoms with Crippen LogP contribution in [0.1, 0.15) is 37.7 Å². The van der Waals surface area contributed by atoms with E-state index in [1.807, 2.05) is 12.1 Å². The first-order valence-electron chi connectivity index (χ1n) is 10.3. The SMILES string of the molecule is O=C(Cc1ccc2ocnc2c1)Cn1nc(N2CCC3(CCC3)CC2)ccc1=O. The van der Waals surface area contributed by atoms with Gasteiger partial charge in [-0.05, 0) is 54.9 Å². The fourth-order valence-corrected chi connectivity index (χ4v) is 4.57. The van der Waals surface area contributed by atoms with Crippen molar-refractivity contribution < 1.29 is 9.21 Å². The summed E-state index contributed by atoms with van der Waals surface area (Å²) in [6, 6.07) is 8.79. The van der Waals surface area contributed by atoms with Crippen molar-refractivity contribution in [3.8, 4) is 0 Å². The maximum atomic E-state index is 12.6. The van der Waals surface area contributed by atoms with Gasteiger partial charge in [-0.15, -0.1) is 0 Å². The highest BCUT2D eigenvalue weighted by atomic mass is 16.3. The molecule has 0 bridgehead atoms. The van der Waals surface area contributed by atoms with E-state index in [2.05, 4.69) is 15.0 Å². The van der Waals surface area contributed by atoms with Gasteiger partial charge >= 0.3 is 0 Å². The minimum absolute atomic E-state index is 0.0265. The van der Waals surface area contributed by atoms with Crippen LogP contribution in [0.5, 0.6) is 0 Å². The third-order valence-electron chi connectivity index (χ3n) is 6.54. The van der Waals surface area contributed by atoms with E-state index in [-0.39, 0.29) is 24.3 Å². The summed E-state index contributed by atoms with van der Waals surface area (Å²) in [4.78, 5) is 31.2. The highest BCUT2D eigenvalue weighted by molar-refractivity contribution is 5.82. The molecule has 29 heavy (non-hydrogen) atoms. The number of nitrogens with zero attached hydrogens (tertiary/aromatic N) is 4. The predicted molar refractivity (Wildman–Crippen MR) is 109 cm³/mol. The topological polar surface area (TPSA) is 81.2 Å². The van der Waals surface area contributed by atoms with Gasteiger partial charge in [0.15, 0.2) is 17.8 Å². The van der Waals surface area contributed by atoms with Gasteiger partial charge in [-0.3, -0.25) is 9.59 Å². The number of piperidine rings is 1. The summed E-state index contributed by atoms with van der Waals surface area (Å²) in [5.74, 6) is 0.724. The summed E-state index contributed by atoms with van der Waals surface area (Å²) < 4.78 is 6.52. The number of rotatable bonds is 5. The molecule has 2 aromatic heterocycles. The summed E-state index contributed by atoms with van der Waals surface area (Å²) in [6.45, 7) is 1.91. The van der Waals surface area contributed by atoms with Gasteiger partial charge in [-0.25, -0.2) is 9.67 Å². The lowest BCUT2D eigenvalue weighted by atomic mass is 9.63. The number of aromatic nitrogens is 3. The first-order chi connectivity index (χ1) is 14.1. The minimum atomic E-state index is -0.249. The third kappa shape index (κ3) is 3.57. The van der Waals surface area contributed by atoms with E-state index in [0.717, 1.165) is 30.0 Å². The van der Waals surface area contributed by atoms with E-state index in [1.54, 1.807) is 12.1 Å². The molecule has 7 nitrogen and oxygen atoms in total. The number of fused-ring (bicyclic) bond motifs is 1. The number of Topliss-reactive ketones (excluding diaryl/α,β-unsaturated/α-hetero) is 1. The maximum Gasteiger partial charge on any atom is 0.267 e. The molecule has 3 heterocycles. The Bertz CT molecular complexity index is 1100. The van der Waals surface area contributed by atoms with Crippen LogP contribution in [-0.2, 0) is 17.8 Å². The molecule has 0 unspecified atom stereocenters. The normalized spacial score (nSPS) is 18.1. The molecule has 3 aromatic rings. The molecule has 1 aliphatic carbocycles. The Labute approximate surface area is 168 Å². The average molecular weight is 392 g/mol. The monoisotopic (exact) mass is 392 g/mol. The van der Waals surface area contributed by atoms with Gasteiger partial charge in [-0.1, -0.05) is 12.5 Å². The van der Waals surface area contributed by atoms with Gasteiger partial charge < -0.3 is 9.32 Å². The zero-order chi connectivity index (χ0) is 19.8. The molecule has 1 aliphatic heterocycles. The van der Waals surface area contributed by atoms with Crippen molar-refractivity contribution in [2.45, 2.75) is 45.1 Å². The molecule has 0 atom stereocenters. The summed E-state index contributed by atoms with van der Waals surface area (Å²) in [7, 11) is 0. The van der Waals surface area contributed by atoms with Gasteiger partial charge in [-0.2, -0.15) is 5.10 Å². The highest BCUT2D eigenvalue weighted by Gasteiger charge is 2.39. The minimum Gasteiger partial charge on any atom is -0.443 e. The second-order valence-corrected chi connectivity index (χ2v) is 8.40. The fourth-order valence-electron chi connectivity index (χ4n) is 4.57. The molecule has 2 aliphatic rings. The Morgan fingerprint density at radius 2 is 1.93 bits per heavy atom. The summed E-state index contributed by atoms with van der Waals surface area (Å²) in [5.41, 5.74) is 2.58. The van der Waals surface area contributed by atoms with Crippen molar-refractivity contribution in [2.75, 3.05) is 18.0 Å². The number of carbonyl (C=O) groups is 1. The maximum absolute atomic E-state index is 12.6. The van der Waals surface area contributed by atoms with Crippen LogP contribution in [-0.4, -0.2) is 33.6 Å². The second kappa shape index (κ2) is 7.13. The van der Waals surface area contributed by atoms with E-state index in [9.17, 15) is 9.59 Å². The Hall–Kier alpha value is -2.96. The quantitative estimate of drug-likeness (QED) is 0.664. The smallest absolute Gasteiger partial charge is 0.267 e. The zero-order valence-corrected chi connectivity index (χ0v) is 16.3. The van der Waals surface area contributed by atoms with Crippen LogP contribution in [0.2, 0.25) is 0 Å². The van der Waals surface area contributed by atoms with Crippen molar-refractivity contribution >= 4 is 22.7 Å². The number of anilines is 1. The predicted octanol–water partition coefficient (Wildman–Crippen LogP) is 2.97. The van der Waals surface area contributed by atoms with Crippen molar-refractivity contribution in [1.29, 1.82) is 0 Å². The van der Waals surface area contributed by atoms with Crippen LogP contribution in [0, 0.1) is 5.41 Å². The summed E-state index contributed by atoms with van der Waals surface area (Å²) in [6.07, 6.45) is 8.06. The molecule has 0 amide bonds. The fraction of sp³-hybridized carbons (Fsp3) is 0.455. The van der Waals surface area contributed by atoms with Crippen molar-refractivity contribution in [3.63, 3.8) is 0 Å². The van der Waals surface area contributed by atoms with Crippen LogP contribution >= 0.6 is 0 Å². The summed E-state index contributed by atoms with van der Waals surface area (Å²) >= 11 is 0. The lowest BCUT2D eigenvalue weighted by Gasteiger charge is -2.48. The van der Waals surface area contributed by atoms with Gasteiger partial charge in [0.05, 0.1) is 0 Å². The Morgan fingerprint density at radius 3 is 2.69 bits per heavy atom. The van der Waals surface area contributed by atoms with Crippen LogP contribution in [0.4, 0.5) is 5.82 Å². The Balaban J connectivity index is 1.27. The molecule has 0 N–H and O–H groups in total. The van der Waals surface area contributed by atoms with Gasteiger partial charge in [0.1, 0.15) is 17.9 Å². The Morgan fingerprint density at radius 1 is 1.10 bits per heavy atom. The van der Waals surface area contributed by atoms with Crippen LogP contribution in [0.3, 0.4) is 0 Å². The van der Waals surface area contributed by atoms with Gasteiger partial charge in [0.2, 0.25) is 0 Å². The molecule has 0 radical (unpaired) electrons. The molecule has 7 heteroatoms. The van der Waals surface area contributed by atoms with Crippen molar-refractivity contribution in [1.82, 2.24) is 14.8 Å². The number of hydrogen-bond donors (Lipinski definition) is 0. The van der Waals surface area contributed by atoms with Crippen LogP contribution < -0.4 is 10.5 Å². The van der Waals surface area contributed by atoms with Gasteiger partial charge in [0, 0.05) is 25.6 Å². The number of oxazole rings is 1. The third-order valence-corrected chi connectivity index (χ3v) is 6.54. The molecule has 1 saturated heterocycles. The number of carbonyl (C=O) groups excluding carboxylic acids is 1. The van der Waals surface area contributed by atoms with Crippen LogP contribution in [0.25, 0.3) is 11.1 Å².